The van der Waals surface area contributed by atoms with E-state index in [1.165, 1.54) is 35.7 Å². The van der Waals surface area contributed by atoms with Crippen molar-refractivity contribution in [2.45, 2.75) is 43.8 Å². The summed E-state index contributed by atoms with van der Waals surface area (Å²) in [5.41, 5.74) is 0.637. The van der Waals surface area contributed by atoms with Gasteiger partial charge in [-0.3, -0.25) is 4.79 Å². The zero-order chi connectivity index (χ0) is 18.7. The first kappa shape index (κ1) is 19.3. The molecule has 1 aliphatic rings. The van der Waals surface area contributed by atoms with Crippen LogP contribution in [-0.2, 0) is 4.79 Å². The third-order valence-electron chi connectivity index (χ3n) is 4.63. The number of thioether (sulfide) groups is 1. The molecule has 1 fully saturated rings. The highest BCUT2D eigenvalue weighted by Gasteiger charge is 2.23. The number of nitrogens with two attached hydrogens (primary N) is 1. The van der Waals surface area contributed by atoms with E-state index in [1.807, 2.05) is 0 Å². The van der Waals surface area contributed by atoms with Crippen molar-refractivity contribution in [2.24, 2.45) is 5.92 Å². The highest BCUT2D eigenvalue weighted by atomic mass is 35.5. The summed E-state index contributed by atoms with van der Waals surface area (Å²) < 4.78 is 1.34. The van der Waals surface area contributed by atoms with Gasteiger partial charge in [-0.15, -0.1) is 10.2 Å². The van der Waals surface area contributed by atoms with E-state index in [0.29, 0.717) is 32.5 Å². The van der Waals surface area contributed by atoms with Crippen LogP contribution in [0.4, 0.5) is 0 Å². The topological polar surface area (TPSA) is 85.8 Å². The number of nitrogens with zero attached hydrogens (tertiary/aromatic N) is 3. The van der Waals surface area contributed by atoms with Gasteiger partial charge in [0.2, 0.25) is 11.1 Å². The molecule has 0 spiro atoms. The molecule has 1 heterocycles. The molecule has 2 aromatic rings. The maximum absolute atomic E-state index is 12.2. The lowest BCUT2D eigenvalue weighted by atomic mass is 9.86. The van der Waals surface area contributed by atoms with Crippen molar-refractivity contribution >= 4 is 40.9 Å². The molecule has 3 N–H and O–H groups in total. The molecule has 0 unspecified atom stereocenters. The summed E-state index contributed by atoms with van der Waals surface area (Å²) in [6.45, 7) is 2.19. The van der Waals surface area contributed by atoms with E-state index >= 15 is 0 Å². The van der Waals surface area contributed by atoms with Crippen LogP contribution in [0.15, 0.2) is 23.4 Å². The fraction of sp³-hybridized carbons (Fsp3) is 0.471. The van der Waals surface area contributed by atoms with Crippen LogP contribution >= 0.6 is 35.0 Å². The van der Waals surface area contributed by atoms with E-state index < -0.39 is 0 Å². The number of benzene rings is 1. The number of nitrogens with one attached hydrogen (secondary N) is 1. The highest BCUT2D eigenvalue weighted by Crippen LogP contribution is 2.30. The largest absolute Gasteiger partial charge is 0.352 e. The van der Waals surface area contributed by atoms with E-state index in [2.05, 4.69) is 22.4 Å². The summed E-state index contributed by atoms with van der Waals surface area (Å²) in [4.78, 5) is 12.2. The summed E-state index contributed by atoms with van der Waals surface area (Å²) in [6, 6.07) is 5.34. The molecule has 3 rings (SSSR count). The van der Waals surface area contributed by atoms with Crippen molar-refractivity contribution < 1.29 is 4.79 Å². The van der Waals surface area contributed by atoms with Crippen molar-refractivity contribution in [3.8, 4) is 11.4 Å². The maximum Gasteiger partial charge on any atom is 0.230 e. The van der Waals surface area contributed by atoms with Crippen LogP contribution in [0.3, 0.4) is 0 Å². The summed E-state index contributed by atoms with van der Waals surface area (Å²) in [5, 5.41) is 12.7. The van der Waals surface area contributed by atoms with Gasteiger partial charge in [0.15, 0.2) is 5.82 Å². The lowest BCUT2D eigenvalue weighted by molar-refractivity contribution is -0.119. The van der Waals surface area contributed by atoms with Crippen molar-refractivity contribution in [1.29, 1.82) is 0 Å². The number of carbonyl (C=O) groups excluding carboxylic acids is 1. The van der Waals surface area contributed by atoms with Gasteiger partial charge in [0.05, 0.1) is 10.8 Å². The van der Waals surface area contributed by atoms with E-state index in [4.69, 9.17) is 29.0 Å². The van der Waals surface area contributed by atoms with Gasteiger partial charge in [-0.05, 0) is 37.0 Å². The van der Waals surface area contributed by atoms with Crippen molar-refractivity contribution in [2.75, 3.05) is 11.6 Å². The summed E-state index contributed by atoms with van der Waals surface area (Å²) in [5.74, 6) is 7.26. The monoisotopic (exact) mass is 413 g/mol. The Labute approximate surface area is 166 Å². The van der Waals surface area contributed by atoms with Gasteiger partial charge >= 0.3 is 0 Å². The number of hydrogen-bond donors (Lipinski definition) is 2. The zero-order valence-corrected chi connectivity index (χ0v) is 16.7. The van der Waals surface area contributed by atoms with E-state index in [9.17, 15) is 4.79 Å². The smallest absolute Gasteiger partial charge is 0.230 e. The zero-order valence-electron chi connectivity index (χ0n) is 14.4. The van der Waals surface area contributed by atoms with Crippen molar-refractivity contribution in [3.63, 3.8) is 0 Å². The van der Waals surface area contributed by atoms with Crippen LogP contribution in [0.25, 0.3) is 11.4 Å². The Balaban J connectivity index is 1.62. The molecular weight excluding hydrogens is 393 g/mol. The van der Waals surface area contributed by atoms with Gasteiger partial charge in [-0.25, -0.2) is 4.68 Å². The van der Waals surface area contributed by atoms with Crippen molar-refractivity contribution in [3.05, 3.63) is 28.2 Å². The number of amides is 1. The Hall–Kier alpha value is -1.44. The molecule has 2 atom stereocenters. The lowest BCUT2D eigenvalue weighted by Crippen LogP contribution is -2.41. The molecular formula is C17H21Cl2N5OS. The normalized spacial score (nSPS) is 20.1. The van der Waals surface area contributed by atoms with Gasteiger partial charge < -0.3 is 11.2 Å². The molecule has 0 saturated heterocycles. The summed E-state index contributed by atoms with van der Waals surface area (Å²) in [7, 11) is 0. The predicted molar refractivity (Wildman–Crippen MR) is 106 cm³/mol. The van der Waals surface area contributed by atoms with E-state index in [1.54, 1.807) is 18.2 Å². The van der Waals surface area contributed by atoms with Crippen molar-refractivity contribution in [1.82, 2.24) is 20.2 Å². The molecule has 1 aliphatic carbocycles. The molecule has 9 heteroatoms. The third-order valence-corrected chi connectivity index (χ3v) is 6.12. The molecule has 1 aromatic carbocycles. The number of aromatic nitrogens is 3. The standard InChI is InChI=1S/C17H21Cl2N5OS/c1-10-4-2-3-5-14(10)21-15(25)9-26-17-23-22-16(24(17)20)12-7-6-11(18)8-13(12)19/h6-8,10,14H,2-5,9,20H2,1H3,(H,21,25)/t10-,14+/m1/s1. The number of nitrogen functional groups attached to an aromatic ring is 1. The number of hydrogen-bond acceptors (Lipinski definition) is 5. The summed E-state index contributed by atoms with van der Waals surface area (Å²) in [6.07, 6.45) is 4.63. The quantitative estimate of drug-likeness (QED) is 0.575. The third kappa shape index (κ3) is 4.45. The minimum atomic E-state index is -0.0113. The predicted octanol–water partition coefficient (Wildman–Crippen LogP) is 3.75. The van der Waals surface area contributed by atoms with E-state index in [0.717, 1.165) is 6.42 Å². The van der Waals surface area contributed by atoms with Gasteiger partial charge in [0.25, 0.3) is 0 Å². The molecule has 1 saturated carbocycles. The van der Waals surface area contributed by atoms with Crippen LogP contribution in [0.1, 0.15) is 32.6 Å². The van der Waals surface area contributed by atoms with E-state index in [-0.39, 0.29) is 17.7 Å². The fourth-order valence-electron chi connectivity index (χ4n) is 3.14. The van der Waals surface area contributed by atoms with Gasteiger partial charge in [0, 0.05) is 16.6 Å². The minimum absolute atomic E-state index is 0.0113. The fourth-order valence-corrected chi connectivity index (χ4v) is 4.30. The second-order valence-electron chi connectivity index (χ2n) is 6.52. The van der Waals surface area contributed by atoms with Gasteiger partial charge in [-0.2, -0.15) is 0 Å². The van der Waals surface area contributed by atoms with Crippen LogP contribution in [0, 0.1) is 5.92 Å². The first-order chi connectivity index (χ1) is 12.5. The number of carbonyl (C=O) groups is 1. The first-order valence-electron chi connectivity index (χ1n) is 8.53. The molecule has 26 heavy (non-hydrogen) atoms. The van der Waals surface area contributed by atoms with Crippen LogP contribution in [0.2, 0.25) is 10.0 Å². The van der Waals surface area contributed by atoms with Gasteiger partial charge in [0.1, 0.15) is 0 Å². The Bertz CT molecular complexity index is 797. The Morgan fingerprint density at radius 1 is 1.35 bits per heavy atom. The molecule has 0 radical (unpaired) electrons. The van der Waals surface area contributed by atoms with Gasteiger partial charge in [-0.1, -0.05) is 54.7 Å². The number of halogens is 2. The average molecular weight is 414 g/mol. The maximum atomic E-state index is 12.2. The molecule has 140 valence electrons. The highest BCUT2D eigenvalue weighted by molar-refractivity contribution is 7.99. The summed E-state index contributed by atoms with van der Waals surface area (Å²) >= 11 is 13.4. The Morgan fingerprint density at radius 3 is 2.85 bits per heavy atom. The minimum Gasteiger partial charge on any atom is -0.352 e. The Kier molecular flexibility index (Phi) is 6.32. The Morgan fingerprint density at radius 2 is 2.12 bits per heavy atom. The molecule has 1 amide bonds. The second kappa shape index (κ2) is 8.50. The SMILES string of the molecule is C[C@@H]1CCCC[C@@H]1NC(=O)CSc1nnc(-c2ccc(Cl)cc2Cl)n1N. The number of rotatable bonds is 5. The molecule has 6 nitrogen and oxygen atoms in total. The molecule has 1 aromatic heterocycles. The van der Waals surface area contributed by atoms with Crippen LogP contribution < -0.4 is 11.2 Å². The molecule has 0 bridgehead atoms. The molecule has 0 aliphatic heterocycles. The first-order valence-corrected chi connectivity index (χ1v) is 10.3. The average Bonchev–Trinajstić information content (AvgIpc) is 2.96. The second-order valence-corrected chi connectivity index (χ2v) is 8.31. The lowest BCUT2D eigenvalue weighted by Gasteiger charge is -2.29. The van der Waals surface area contributed by atoms with Crippen LogP contribution in [-0.4, -0.2) is 32.6 Å². The van der Waals surface area contributed by atoms with Crippen LogP contribution in [0.5, 0.6) is 0 Å².